The van der Waals surface area contributed by atoms with Crippen LogP contribution in [0.25, 0.3) is 0 Å². The lowest BCUT2D eigenvalue weighted by Gasteiger charge is -2.25. The summed E-state index contributed by atoms with van der Waals surface area (Å²) >= 11 is 0. The van der Waals surface area contributed by atoms with Crippen LogP contribution >= 0.6 is 0 Å². The highest BCUT2D eigenvalue weighted by Gasteiger charge is 2.32. The zero-order valence-corrected chi connectivity index (χ0v) is 10.9. The number of ether oxygens (including phenoxy) is 2. The van der Waals surface area contributed by atoms with Crippen LogP contribution in [-0.2, 0) is 9.47 Å². The summed E-state index contributed by atoms with van der Waals surface area (Å²) in [4.78, 5) is 2.37. The topological polar surface area (TPSA) is 41.9 Å². The smallest absolute Gasteiger partial charge is 0.157 e. The molecule has 4 heteroatoms. The van der Waals surface area contributed by atoms with Crippen molar-refractivity contribution in [3.05, 3.63) is 0 Å². The molecule has 0 aromatic heterocycles. The molecule has 2 fully saturated rings. The van der Waals surface area contributed by atoms with Gasteiger partial charge in [-0.25, -0.2) is 0 Å². The maximum absolute atomic E-state index is 9.29. The lowest BCUT2D eigenvalue weighted by molar-refractivity contribution is -0.164. The summed E-state index contributed by atoms with van der Waals surface area (Å²) in [6, 6.07) is 0. The maximum Gasteiger partial charge on any atom is 0.157 e. The Morgan fingerprint density at radius 2 is 2.35 bits per heavy atom. The molecule has 2 saturated heterocycles. The van der Waals surface area contributed by atoms with Gasteiger partial charge in [0.2, 0.25) is 0 Å². The van der Waals surface area contributed by atoms with Crippen LogP contribution in [0.1, 0.15) is 32.6 Å². The average Bonchev–Trinajstić information content (AvgIpc) is 2.74. The van der Waals surface area contributed by atoms with Gasteiger partial charge in [0.1, 0.15) is 0 Å². The zero-order valence-electron chi connectivity index (χ0n) is 10.9. The van der Waals surface area contributed by atoms with E-state index in [1.807, 2.05) is 0 Å². The van der Waals surface area contributed by atoms with E-state index in [9.17, 15) is 5.11 Å². The van der Waals surface area contributed by atoms with Gasteiger partial charge in [-0.2, -0.15) is 0 Å². The Labute approximate surface area is 104 Å². The number of rotatable bonds is 5. The van der Waals surface area contributed by atoms with Crippen LogP contribution in [-0.4, -0.2) is 55.8 Å². The Bertz CT molecular complexity index is 231. The van der Waals surface area contributed by atoms with Gasteiger partial charge in [-0.15, -0.1) is 0 Å². The van der Waals surface area contributed by atoms with Crippen LogP contribution in [0.4, 0.5) is 0 Å². The predicted octanol–water partition coefficient (Wildman–Crippen LogP) is 1.23. The highest BCUT2D eigenvalue weighted by molar-refractivity contribution is 4.85. The van der Waals surface area contributed by atoms with E-state index < -0.39 is 0 Å². The van der Waals surface area contributed by atoms with Crippen LogP contribution in [0.2, 0.25) is 0 Å². The molecule has 2 rings (SSSR count). The molecule has 2 aliphatic heterocycles. The third-order valence-corrected chi connectivity index (χ3v) is 3.87. The second-order valence-corrected chi connectivity index (χ2v) is 5.66. The summed E-state index contributed by atoms with van der Waals surface area (Å²) in [7, 11) is 0. The molecule has 0 aliphatic carbocycles. The molecule has 0 aromatic carbocycles. The molecule has 2 heterocycles. The largest absolute Gasteiger partial charge is 0.396 e. The van der Waals surface area contributed by atoms with Gasteiger partial charge in [0.15, 0.2) is 6.29 Å². The molecule has 0 saturated carbocycles. The van der Waals surface area contributed by atoms with Gasteiger partial charge >= 0.3 is 0 Å². The first-order valence-corrected chi connectivity index (χ1v) is 6.78. The molecular formula is C13H25NO3. The molecule has 0 bridgehead atoms. The highest BCUT2D eigenvalue weighted by Crippen LogP contribution is 2.28. The number of likely N-dealkylation sites (tertiary alicyclic amines) is 1. The van der Waals surface area contributed by atoms with Crippen molar-refractivity contribution < 1.29 is 14.6 Å². The number of aliphatic hydroxyl groups excluding tert-OH is 1. The van der Waals surface area contributed by atoms with E-state index in [0.29, 0.717) is 0 Å². The summed E-state index contributed by atoms with van der Waals surface area (Å²) in [6.07, 6.45) is 4.53. The predicted molar refractivity (Wildman–Crippen MR) is 65.8 cm³/mol. The van der Waals surface area contributed by atoms with Crippen LogP contribution in [0.3, 0.4) is 0 Å². The molecule has 2 atom stereocenters. The van der Waals surface area contributed by atoms with Crippen LogP contribution in [0, 0.1) is 5.41 Å². The number of nitrogens with zero attached hydrogens (tertiary/aromatic N) is 1. The summed E-state index contributed by atoms with van der Waals surface area (Å²) in [5, 5.41) is 9.29. The van der Waals surface area contributed by atoms with Gasteiger partial charge in [0.05, 0.1) is 6.61 Å². The summed E-state index contributed by atoms with van der Waals surface area (Å²) < 4.78 is 11.2. The molecule has 100 valence electrons. The number of hydrogen-bond donors (Lipinski definition) is 1. The standard InChI is InChI=1S/C13H25NO3/c1-13(11-15)5-6-14(10-13)7-9-17-12-4-2-3-8-16-12/h12,15H,2-11H2,1H3/t12-,13-/m1/s1. The van der Waals surface area contributed by atoms with Crippen molar-refractivity contribution in [2.45, 2.75) is 38.9 Å². The lowest BCUT2D eigenvalue weighted by atomic mass is 9.91. The molecule has 0 amide bonds. The van der Waals surface area contributed by atoms with Crippen molar-refractivity contribution in [1.82, 2.24) is 4.90 Å². The third kappa shape index (κ3) is 3.91. The van der Waals surface area contributed by atoms with Crippen molar-refractivity contribution in [3.8, 4) is 0 Å². The SMILES string of the molecule is C[C@@]1(CO)CCN(CCO[C@@H]2CCCCO2)C1. The first-order valence-electron chi connectivity index (χ1n) is 6.78. The van der Waals surface area contributed by atoms with Crippen LogP contribution < -0.4 is 0 Å². The van der Waals surface area contributed by atoms with Gasteiger partial charge in [-0.3, -0.25) is 0 Å². The van der Waals surface area contributed by atoms with Crippen LogP contribution in [0.5, 0.6) is 0 Å². The van der Waals surface area contributed by atoms with E-state index in [0.717, 1.165) is 45.7 Å². The Hall–Kier alpha value is -0.160. The summed E-state index contributed by atoms with van der Waals surface area (Å²) in [5.74, 6) is 0. The van der Waals surface area contributed by atoms with E-state index >= 15 is 0 Å². The maximum atomic E-state index is 9.29. The highest BCUT2D eigenvalue weighted by atomic mass is 16.7. The number of hydrogen-bond acceptors (Lipinski definition) is 4. The lowest BCUT2D eigenvalue weighted by Crippen LogP contribution is -2.32. The number of aliphatic hydroxyl groups is 1. The minimum atomic E-state index is 0.0237. The molecule has 1 N–H and O–H groups in total. The Morgan fingerprint density at radius 3 is 3.00 bits per heavy atom. The average molecular weight is 243 g/mol. The fourth-order valence-electron chi connectivity index (χ4n) is 2.60. The van der Waals surface area contributed by atoms with Gasteiger partial charge in [-0.1, -0.05) is 6.92 Å². The Balaban J connectivity index is 1.59. The molecule has 2 aliphatic rings. The van der Waals surface area contributed by atoms with E-state index in [1.165, 1.54) is 12.8 Å². The Kier molecular flexibility index (Phi) is 4.79. The van der Waals surface area contributed by atoms with E-state index in [1.54, 1.807) is 0 Å². The fraction of sp³-hybridized carbons (Fsp3) is 1.00. The molecule has 0 spiro atoms. The fourth-order valence-corrected chi connectivity index (χ4v) is 2.60. The summed E-state index contributed by atoms with van der Waals surface area (Å²) in [6.45, 7) is 7.04. The monoisotopic (exact) mass is 243 g/mol. The second kappa shape index (κ2) is 6.14. The van der Waals surface area contributed by atoms with Crippen molar-refractivity contribution in [3.63, 3.8) is 0 Å². The molecule has 0 radical (unpaired) electrons. The van der Waals surface area contributed by atoms with E-state index in [2.05, 4.69) is 11.8 Å². The first kappa shape index (κ1) is 13.3. The van der Waals surface area contributed by atoms with Gasteiger partial charge in [0.25, 0.3) is 0 Å². The van der Waals surface area contributed by atoms with Gasteiger partial charge in [0, 0.05) is 31.7 Å². The van der Waals surface area contributed by atoms with Gasteiger partial charge in [-0.05, 0) is 32.2 Å². The normalized spacial score (nSPS) is 35.3. The van der Waals surface area contributed by atoms with Gasteiger partial charge < -0.3 is 19.5 Å². The van der Waals surface area contributed by atoms with E-state index in [-0.39, 0.29) is 18.3 Å². The molecular weight excluding hydrogens is 218 g/mol. The minimum Gasteiger partial charge on any atom is -0.396 e. The molecule has 0 aromatic rings. The van der Waals surface area contributed by atoms with Crippen molar-refractivity contribution >= 4 is 0 Å². The second-order valence-electron chi connectivity index (χ2n) is 5.66. The van der Waals surface area contributed by atoms with Crippen molar-refractivity contribution in [2.75, 3.05) is 39.5 Å². The third-order valence-electron chi connectivity index (χ3n) is 3.87. The van der Waals surface area contributed by atoms with Crippen molar-refractivity contribution in [1.29, 1.82) is 0 Å². The summed E-state index contributed by atoms with van der Waals surface area (Å²) in [5.41, 5.74) is 0.0986. The van der Waals surface area contributed by atoms with Crippen molar-refractivity contribution in [2.24, 2.45) is 5.41 Å². The van der Waals surface area contributed by atoms with E-state index in [4.69, 9.17) is 9.47 Å². The first-order chi connectivity index (χ1) is 8.22. The molecule has 17 heavy (non-hydrogen) atoms. The quantitative estimate of drug-likeness (QED) is 0.788. The molecule has 4 nitrogen and oxygen atoms in total. The zero-order chi connectivity index (χ0) is 12.1. The van der Waals surface area contributed by atoms with Crippen LogP contribution in [0.15, 0.2) is 0 Å². The Morgan fingerprint density at radius 1 is 1.47 bits per heavy atom. The molecule has 0 unspecified atom stereocenters. The minimum absolute atomic E-state index is 0.0237.